The number of halogens is 1. The number of hydrogen-bond acceptors (Lipinski definition) is 2. The van der Waals surface area contributed by atoms with Crippen LogP contribution in [0.5, 0.6) is 0 Å². The smallest absolute Gasteiger partial charge is 0.113 e. The van der Waals surface area contributed by atoms with E-state index in [9.17, 15) is 5.11 Å². The standard InChI is InChI=1S/C10H13BrO2/c1-9(2)5-10(9,6-12)8-3-7(11)4-13-8/h3-4,12H,5-6H2,1-2H3. The second kappa shape index (κ2) is 2.61. The molecule has 1 heterocycles. The van der Waals surface area contributed by atoms with Crippen LogP contribution in [0.2, 0.25) is 0 Å². The Morgan fingerprint density at radius 3 is 2.54 bits per heavy atom. The van der Waals surface area contributed by atoms with Crippen molar-refractivity contribution in [2.75, 3.05) is 6.61 Å². The van der Waals surface area contributed by atoms with Crippen LogP contribution in [0.4, 0.5) is 0 Å². The van der Waals surface area contributed by atoms with E-state index in [1.54, 1.807) is 6.26 Å². The highest BCUT2D eigenvalue weighted by atomic mass is 79.9. The molecule has 1 aromatic heterocycles. The lowest BCUT2D eigenvalue weighted by Crippen LogP contribution is -2.18. The fourth-order valence-electron chi connectivity index (χ4n) is 2.04. The Morgan fingerprint density at radius 1 is 1.62 bits per heavy atom. The highest BCUT2D eigenvalue weighted by Gasteiger charge is 2.63. The SMILES string of the molecule is CC1(C)CC1(CO)c1cc(Br)co1. The first-order valence-corrected chi connectivity index (χ1v) is 5.16. The summed E-state index contributed by atoms with van der Waals surface area (Å²) < 4.78 is 6.35. The van der Waals surface area contributed by atoms with Crippen LogP contribution in [-0.2, 0) is 5.41 Å². The quantitative estimate of drug-likeness (QED) is 0.868. The summed E-state index contributed by atoms with van der Waals surface area (Å²) in [5.74, 6) is 0.895. The fourth-order valence-corrected chi connectivity index (χ4v) is 2.34. The molecule has 2 nitrogen and oxygen atoms in total. The molecule has 0 amide bonds. The van der Waals surface area contributed by atoms with Crippen LogP contribution in [0.15, 0.2) is 21.2 Å². The van der Waals surface area contributed by atoms with Crippen LogP contribution < -0.4 is 0 Å². The first-order chi connectivity index (χ1) is 6.02. The molecule has 1 aliphatic carbocycles. The number of hydrogen-bond donors (Lipinski definition) is 1. The van der Waals surface area contributed by atoms with Gasteiger partial charge in [-0.05, 0) is 33.8 Å². The zero-order chi connectivity index (χ0) is 9.69. The van der Waals surface area contributed by atoms with Gasteiger partial charge in [-0.25, -0.2) is 0 Å². The predicted octanol–water partition coefficient (Wildman–Crippen LogP) is 2.70. The minimum absolute atomic E-state index is 0.140. The van der Waals surface area contributed by atoms with E-state index in [2.05, 4.69) is 29.8 Å². The molecule has 3 heteroatoms. The molecule has 2 rings (SSSR count). The van der Waals surface area contributed by atoms with Gasteiger partial charge in [-0.3, -0.25) is 0 Å². The van der Waals surface area contributed by atoms with Gasteiger partial charge in [-0.2, -0.15) is 0 Å². The normalized spacial score (nSPS) is 30.5. The molecule has 0 aromatic carbocycles. The summed E-state index contributed by atoms with van der Waals surface area (Å²) in [5.41, 5.74) is 0.0259. The van der Waals surface area contributed by atoms with Crippen LogP contribution in [0, 0.1) is 5.41 Å². The largest absolute Gasteiger partial charge is 0.467 e. The zero-order valence-electron chi connectivity index (χ0n) is 7.80. The highest BCUT2D eigenvalue weighted by molar-refractivity contribution is 9.10. The van der Waals surface area contributed by atoms with Crippen LogP contribution in [-0.4, -0.2) is 11.7 Å². The summed E-state index contributed by atoms with van der Waals surface area (Å²) in [6, 6.07) is 1.95. The van der Waals surface area contributed by atoms with E-state index < -0.39 is 0 Å². The van der Waals surface area contributed by atoms with Crippen molar-refractivity contribution >= 4 is 15.9 Å². The van der Waals surface area contributed by atoms with Crippen LogP contribution >= 0.6 is 15.9 Å². The maximum Gasteiger partial charge on any atom is 0.113 e. The van der Waals surface area contributed by atoms with Gasteiger partial charge in [0.1, 0.15) is 12.0 Å². The second-order valence-electron chi connectivity index (χ2n) is 4.43. The number of rotatable bonds is 2. The van der Waals surface area contributed by atoms with Gasteiger partial charge in [0.05, 0.1) is 16.5 Å². The van der Waals surface area contributed by atoms with E-state index in [0.29, 0.717) is 0 Å². The fraction of sp³-hybridized carbons (Fsp3) is 0.600. The van der Waals surface area contributed by atoms with Gasteiger partial charge < -0.3 is 9.52 Å². The van der Waals surface area contributed by atoms with Crippen molar-refractivity contribution in [2.45, 2.75) is 25.7 Å². The van der Waals surface area contributed by atoms with Crippen molar-refractivity contribution in [3.63, 3.8) is 0 Å². The first kappa shape index (κ1) is 9.28. The van der Waals surface area contributed by atoms with Gasteiger partial charge in [-0.15, -0.1) is 0 Å². The van der Waals surface area contributed by atoms with Crippen LogP contribution in [0.25, 0.3) is 0 Å². The minimum atomic E-state index is -0.140. The maximum absolute atomic E-state index is 9.38. The van der Waals surface area contributed by atoms with Crippen LogP contribution in [0.3, 0.4) is 0 Å². The van der Waals surface area contributed by atoms with Gasteiger partial charge in [0.15, 0.2) is 0 Å². The third-order valence-corrected chi connectivity index (χ3v) is 3.64. The molecular weight excluding hydrogens is 232 g/mol. The number of aliphatic hydroxyl groups excluding tert-OH is 1. The molecule has 0 spiro atoms. The molecule has 1 fully saturated rings. The van der Waals surface area contributed by atoms with Crippen LogP contribution in [0.1, 0.15) is 26.0 Å². The predicted molar refractivity (Wildman–Crippen MR) is 53.6 cm³/mol. The molecule has 1 N–H and O–H groups in total. The van der Waals surface area contributed by atoms with E-state index in [1.165, 1.54) is 0 Å². The lowest BCUT2D eigenvalue weighted by molar-refractivity contribution is 0.212. The van der Waals surface area contributed by atoms with Gasteiger partial charge in [0.2, 0.25) is 0 Å². The Balaban J connectivity index is 2.35. The molecule has 1 unspecified atom stereocenters. The summed E-state index contributed by atoms with van der Waals surface area (Å²) in [4.78, 5) is 0. The highest BCUT2D eigenvalue weighted by Crippen LogP contribution is 2.64. The molecule has 0 radical (unpaired) electrons. The summed E-state index contributed by atoms with van der Waals surface area (Å²) in [6.07, 6.45) is 2.66. The van der Waals surface area contributed by atoms with Gasteiger partial charge >= 0.3 is 0 Å². The van der Waals surface area contributed by atoms with Gasteiger partial charge in [-0.1, -0.05) is 13.8 Å². The Kier molecular flexibility index (Phi) is 1.86. The molecule has 0 bridgehead atoms. The van der Waals surface area contributed by atoms with E-state index in [1.807, 2.05) is 6.07 Å². The Hall–Kier alpha value is -0.280. The molecule has 1 aromatic rings. The number of furan rings is 1. The Morgan fingerprint density at radius 2 is 2.23 bits per heavy atom. The summed E-state index contributed by atoms with van der Waals surface area (Å²) in [7, 11) is 0. The summed E-state index contributed by atoms with van der Waals surface area (Å²) in [5, 5.41) is 9.38. The molecule has 0 saturated heterocycles. The van der Waals surface area contributed by atoms with Gasteiger partial charge in [0, 0.05) is 0 Å². The average Bonchev–Trinajstić information content (AvgIpc) is 2.43. The van der Waals surface area contributed by atoms with E-state index in [-0.39, 0.29) is 17.4 Å². The van der Waals surface area contributed by atoms with Crippen molar-refractivity contribution in [3.8, 4) is 0 Å². The maximum atomic E-state index is 9.38. The Bertz CT molecular complexity index is 329. The lowest BCUT2D eigenvalue weighted by Gasteiger charge is -2.14. The number of aliphatic hydroxyl groups is 1. The van der Waals surface area contributed by atoms with E-state index in [0.717, 1.165) is 16.7 Å². The average molecular weight is 245 g/mol. The molecule has 1 aliphatic rings. The second-order valence-corrected chi connectivity index (χ2v) is 5.35. The van der Waals surface area contributed by atoms with E-state index in [4.69, 9.17) is 4.42 Å². The Labute approximate surface area is 86.1 Å². The van der Waals surface area contributed by atoms with Crippen molar-refractivity contribution < 1.29 is 9.52 Å². The van der Waals surface area contributed by atoms with Crippen molar-refractivity contribution in [1.29, 1.82) is 0 Å². The van der Waals surface area contributed by atoms with Crippen molar-refractivity contribution in [2.24, 2.45) is 5.41 Å². The summed E-state index contributed by atoms with van der Waals surface area (Å²) in [6.45, 7) is 4.47. The molecule has 72 valence electrons. The molecule has 0 aliphatic heterocycles. The van der Waals surface area contributed by atoms with Crippen molar-refractivity contribution in [1.82, 2.24) is 0 Å². The van der Waals surface area contributed by atoms with E-state index >= 15 is 0 Å². The molecular formula is C10H13BrO2. The third kappa shape index (κ3) is 1.17. The zero-order valence-corrected chi connectivity index (χ0v) is 9.39. The molecule has 1 atom stereocenters. The third-order valence-electron chi connectivity index (χ3n) is 3.22. The lowest BCUT2D eigenvalue weighted by atomic mass is 9.94. The molecule has 13 heavy (non-hydrogen) atoms. The van der Waals surface area contributed by atoms with Gasteiger partial charge in [0.25, 0.3) is 0 Å². The summed E-state index contributed by atoms with van der Waals surface area (Å²) >= 11 is 3.34. The topological polar surface area (TPSA) is 33.4 Å². The monoisotopic (exact) mass is 244 g/mol. The minimum Gasteiger partial charge on any atom is -0.467 e. The van der Waals surface area contributed by atoms with Crippen molar-refractivity contribution in [3.05, 3.63) is 22.6 Å². The first-order valence-electron chi connectivity index (χ1n) is 4.37. The molecule has 1 saturated carbocycles.